The number of rotatable bonds is 2. The van der Waals surface area contributed by atoms with Crippen molar-refractivity contribution < 1.29 is 27.5 Å². The van der Waals surface area contributed by atoms with Crippen LogP contribution in [-0.2, 0) is 20.5 Å². The summed E-state index contributed by atoms with van der Waals surface area (Å²) in [7, 11) is 0. The molecule has 0 saturated carbocycles. The summed E-state index contributed by atoms with van der Waals surface area (Å²) in [4.78, 5) is 30.3. The summed E-state index contributed by atoms with van der Waals surface area (Å²) in [5, 5.41) is 5.02. The number of hydrogen-bond donors (Lipinski definition) is 2. The topological polar surface area (TPSA) is 83.0 Å². The molecule has 0 bridgehead atoms. The van der Waals surface area contributed by atoms with Gasteiger partial charge in [-0.05, 0) is 18.2 Å². The van der Waals surface area contributed by atoms with E-state index in [9.17, 15) is 22.8 Å². The first-order valence-corrected chi connectivity index (χ1v) is 8.01. The summed E-state index contributed by atoms with van der Waals surface area (Å²) in [6.45, 7) is 2.02. The number of nitrogens with one attached hydrogen (secondary N) is 2. The second-order valence-corrected chi connectivity index (χ2v) is 5.89. The highest BCUT2D eigenvalue weighted by Crippen LogP contribution is 2.30. The van der Waals surface area contributed by atoms with Crippen molar-refractivity contribution in [2.24, 2.45) is 4.99 Å². The highest BCUT2D eigenvalue weighted by Gasteiger charge is 2.32. The fourth-order valence-corrected chi connectivity index (χ4v) is 2.66. The third kappa shape index (κ3) is 4.31. The number of halogens is 3. The SMILES string of the molecule is O=C1C[C@H](C(=O)Nc2cccc(C(F)(F)F)c2)N=C(N2CCOCC2)N1. The maximum absolute atomic E-state index is 12.8. The molecular formula is C16H17F3N4O3. The number of morpholine rings is 1. The molecular weight excluding hydrogens is 353 g/mol. The Morgan fingerprint density at radius 3 is 2.73 bits per heavy atom. The summed E-state index contributed by atoms with van der Waals surface area (Å²) >= 11 is 0. The molecule has 2 amide bonds. The van der Waals surface area contributed by atoms with Gasteiger partial charge in [-0.3, -0.25) is 14.9 Å². The molecule has 7 nitrogen and oxygen atoms in total. The fourth-order valence-electron chi connectivity index (χ4n) is 2.66. The van der Waals surface area contributed by atoms with Crippen molar-refractivity contribution in [3.63, 3.8) is 0 Å². The minimum Gasteiger partial charge on any atom is -0.378 e. The van der Waals surface area contributed by atoms with E-state index < -0.39 is 23.7 Å². The average molecular weight is 370 g/mol. The number of anilines is 1. The number of nitrogens with zero attached hydrogens (tertiary/aromatic N) is 2. The lowest BCUT2D eigenvalue weighted by atomic mass is 10.1. The fraction of sp³-hybridized carbons (Fsp3) is 0.438. The minimum atomic E-state index is -4.51. The summed E-state index contributed by atoms with van der Waals surface area (Å²) in [5.41, 5.74) is -0.867. The van der Waals surface area contributed by atoms with Gasteiger partial charge in [0.2, 0.25) is 17.8 Å². The number of carbonyl (C=O) groups is 2. The molecule has 1 aromatic rings. The van der Waals surface area contributed by atoms with E-state index in [1.54, 1.807) is 4.90 Å². The molecule has 140 valence electrons. The van der Waals surface area contributed by atoms with E-state index in [0.29, 0.717) is 26.3 Å². The largest absolute Gasteiger partial charge is 0.416 e. The first-order valence-electron chi connectivity index (χ1n) is 8.01. The number of amides is 2. The third-order valence-corrected chi connectivity index (χ3v) is 3.98. The van der Waals surface area contributed by atoms with Crippen molar-refractivity contribution in [2.75, 3.05) is 31.6 Å². The lowest BCUT2D eigenvalue weighted by Gasteiger charge is -2.32. The first-order chi connectivity index (χ1) is 12.3. The first kappa shape index (κ1) is 18.2. The number of aliphatic imine (C=N–C) groups is 1. The lowest BCUT2D eigenvalue weighted by Crippen LogP contribution is -2.53. The van der Waals surface area contributed by atoms with Crippen molar-refractivity contribution in [3.05, 3.63) is 29.8 Å². The normalized spacial score (nSPS) is 21.0. The molecule has 0 aromatic heterocycles. The Kier molecular flexibility index (Phi) is 5.12. The average Bonchev–Trinajstić information content (AvgIpc) is 2.61. The van der Waals surface area contributed by atoms with Gasteiger partial charge in [0.05, 0.1) is 25.2 Å². The molecule has 0 radical (unpaired) electrons. The summed E-state index contributed by atoms with van der Waals surface area (Å²) in [6.07, 6.45) is -4.67. The zero-order valence-corrected chi connectivity index (χ0v) is 13.7. The maximum atomic E-state index is 12.8. The molecule has 1 aromatic carbocycles. The number of hydrogen-bond acceptors (Lipinski definition) is 5. The Hall–Kier alpha value is -2.62. The second kappa shape index (κ2) is 7.32. The number of ether oxygens (including phenoxy) is 1. The quantitative estimate of drug-likeness (QED) is 0.820. The summed E-state index contributed by atoms with van der Waals surface area (Å²) in [5.74, 6) is -0.718. The number of guanidine groups is 1. The Bertz CT molecular complexity index is 730. The van der Waals surface area contributed by atoms with E-state index in [2.05, 4.69) is 15.6 Å². The van der Waals surface area contributed by atoms with Crippen molar-refractivity contribution in [1.82, 2.24) is 10.2 Å². The van der Waals surface area contributed by atoms with E-state index in [0.717, 1.165) is 12.1 Å². The van der Waals surface area contributed by atoms with Crippen molar-refractivity contribution >= 4 is 23.5 Å². The van der Waals surface area contributed by atoms with Crippen LogP contribution in [0.2, 0.25) is 0 Å². The van der Waals surface area contributed by atoms with Crippen LogP contribution in [0.25, 0.3) is 0 Å². The van der Waals surface area contributed by atoms with Gasteiger partial charge in [-0.25, -0.2) is 4.99 Å². The molecule has 1 atom stereocenters. The predicted molar refractivity (Wildman–Crippen MR) is 86.4 cm³/mol. The second-order valence-electron chi connectivity index (χ2n) is 5.89. The summed E-state index contributed by atoms with van der Waals surface area (Å²) < 4.78 is 43.5. The van der Waals surface area contributed by atoms with Gasteiger partial charge in [-0.15, -0.1) is 0 Å². The standard InChI is InChI=1S/C16H17F3N4O3/c17-16(18,19)10-2-1-3-11(8-10)20-14(25)12-9-13(24)22-15(21-12)23-4-6-26-7-5-23/h1-3,8,12H,4-7,9H2,(H,20,25)(H,21,22,24)/t12-/m1/s1. The van der Waals surface area contributed by atoms with Crippen LogP contribution in [0.4, 0.5) is 18.9 Å². The molecule has 3 rings (SSSR count). The van der Waals surface area contributed by atoms with Crippen LogP contribution in [0.15, 0.2) is 29.3 Å². The van der Waals surface area contributed by atoms with Gasteiger partial charge < -0.3 is 15.0 Å². The lowest BCUT2D eigenvalue weighted by molar-refractivity contribution is -0.137. The smallest absolute Gasteiger partial charge is 0.378 e. The minimum absolute atomic E-state index is 0.000992. The highest BCUT2D eigenvalue weighted by atomic mass is 19.4. The number of alkyl halides is 3. The van der Waals surface area contributed by atoms with Crippen LogP contribution in [0, 0.1) is 0 Å². The maximum Gasteiger partial charge on any atom is 0.416 e. The van der Waals surface area contributed by atoms with Gasteiger partial charge in [0, 0.05) is 18.8 Å². The molecule has 0 unspecified atom stereocenters. The van der Waals surface area contributed by atoms with Crippen molar-refractivity contribution in [1.29, 1.82) is 0 Å². The van der Waals surface area contributed by atoms with Crippen molar-refractivity contribution in [2.45, 2.75) is 18.6 Å². The third-order valence-electron chi connectivity index (χ3n) is 3.98. The number of benzene rings is 1. The zero-order chi connectivity index (χ0) is 18.7. The molecule has 10 heteroatoms. The van der Waals surface area contributed by atoms with Crippen LogP contribution in [0.3, 0.4) is 0 Å². The van der Waals surface area contributed by atoms with E-state index >= 15 is 0 Å². The molecule has 2 aliphatic heterocycles. The molecule has 2 N–H and O–H groups in total. The Balaban J connectivity index is 1.73. The van der Waals surface area contributed by atoms with Crippen LogP contribution in [0.5, 0.6) is 0 Å². The van der Waals surface area contributed by atoms with Gasteiger partial charge >= 0.3 is 6.18 Å². The van der Waals surface area contributed by atoms with E-state index in [1.165, 1.54) is 12.1 Å². The zero-order valence-electron chi connectivity index (χ0n) is 13.7. The Morgan fingerprint density at radius 2 is 2.04 bits per heavy atom. The summed E-state index contributed by atoms with van der Waals surface area (Å²) in [6, 6.07) is 3.30. The van der Waals surface area contributed by atoms with Gasteiger partial charge in [-0.2, -0.15) is 13.2 Å². The van der Waals surface area contributed by atoms with Crippen LogP contribution >= 0.6 is 0 Å². The van der Waals surface area contributed by atoms with Crippen molar-refractivity contribution in [3.8, 4) is 0 Å². The molecule has 0 aliphatic carbocycles. The molecule has 0 spiro atoms. The molecule has 2 aliphatic rings. The monoisotopic (exact) mass is 370 g/mol. The van der Waals surface area contributed by atoms with Crippen LogP contribution in [0.1, 0.15) is 12.0 Å². The highest BCUT2D eigenvalue weighted by molar-refractivity contribution is 6.06. The predicted octanol–water partition coefficient (Wildman–Crippen LogP) is 1.22. The van der Waals surface area contributed by atoms with Gasteiger partial charge in [0.15, 0.2) is 0 Å². The van der Waals surface area contributed by atoms with E-state index in [1.807, 2.05) is 0 Å². The Labute approximate surface area is 147 Å². The number of carbonyl (C=O) groups excluding carboxylic acids is 2. The van der Waals surface area contributed by atoms with Crippen LogP contribution < -0.4 is 10.6 Å². The van der Waals surface area contributed by atoms with Gasteiger partial charge in [-0.1, -0.05) is 6.07 Å². The van der Waals surface area contributed by atoms with Gasteiger partial charge in [0.25, 0.3) is 0 Å². The molecule has 1 saturated heterocycles. The Morgan fingerprint density at radius 1 is 1.31 bits per heavy atom. The molecule has 1 fully saturated rings. The van der Waals surface area contributed by atoms with Crippen LogP contribution in [-0.4, -0.2) is 55.0 Å². The molecule has 2 heterocycles. The van der Waals surface area contributed by atoms with E-state index in [4.69, 9.17) is 4.74 Å². The molecule has 26 heavy (non-hydrogen) atoms. The van der Waals surface area contributed by atoms with Gasteiger partial charge in [0.1, 0.15) is 6.04 Å². The van der Waals surface area contributed by atoms with E-state index in [-0.39, 0.29) is 24.0 Å².